The third-order valence-electron chi connectivity index (χ3n) is 3.29. The minimum atomic E-state index is 0.0871. The number of amides is 1. The number of benzene rings is 1. The molecule has 1 amide bonds. The molecule has 0 unspecified atom stereocenters. The summed E-state index contributed by atoms with van der Waals surface area (Å²) in [7, 11) is 3.99. The molecule has 0 atom stereocenters. The van der Waals surface area contributed by atoms with Crippen LogP contribution in [-0.4, -0.2) is 47.5 Å². The molecule has 0 aliphatic rings. The number of likely N-dealkylation sites (N-methyl/N-ethyl adjacent to an activating group) is 1. The van der Waals surface area contributed by atoms with Crippen LogP contribution in [0.4, 0.5) is 0 Å². The van der Waals surface area contributed by atoms with Crippen LogP contribution in [0.5, 0.6) is 0 Å². The lowest BCUT2D eigenvalue weighted by Gasteiger charge is -2.11. The smallest absolute Gasteiger partial charge is 0.221 e. The van der Waals surface area contributed by atoms with Crippen molar-refractivity contribution >= 4 is 16.9 Å². The van der Waals surface area contributed by atoms with Gasteiger partial charge in [0.1, 0.15) is 5.82 Å². The second-order valence-corrected chi connectivity index (χ2v) is 5.20. The van der Waals surface area contributed by atoms with Gasteiger partial charge in [-0.2, -0.15) is 0 Å². The van der Waals surface area contributed by atoms with E-state index in [0.717, 1.165) is 23.4 Å². The van der Waals surface area contributed by atoms with Crippen molar-refractivity contribution in [1.82, 2.24) is 19.8 Å². The minimum absolute atomic E-state index is 0.0871. The summed E-state index contributed by atoms with van der Waals surface area (Å²) < 4.78 is 2.10. The summed E-state index contributed by atoms with van der Waals surface area (Å²) in [6.07, 6.45) is 0.481. The summed E-state index contributed by atoms with van der Waals surface area (Å²) in [5.74, 6) is 1.04. The molecule has 0 radical (unpaired) electrons. The standard InChI is InChI=1S/C15H22N4O/c1-12-17-13-6-4-5-7-14(13)19(12)10-8-15(20)16-9-11-18(2)3/h4-7H,8-11H2,1-3H3,(H,16,20). The molecule has 0 saturated heterocycles. The number of hydrogen-bond acceptors (Lipinski definition) is 3. The van der Waals surface area contributed by atoms with E-state index in [0.29, 0.717) is 19.5 Å². The lowest BCUT2D eigenvalue weighted by molar-refractivity contribution is -0.121. The van der Waals surface area contributed by atoms with Crippen molar-refractivity contribution in [2.45, 2.75) is 19.9 Å². The van der Waals surface area contributed by atoms with Crippen LogP contribution in [0.1, 0.15) is 12.2 Å². The maximum atomic E-state index is 11.8. The average molecular weight is 274 g/mol. The number of carbonyl (C=O) groups is 1. The number of nitrogens with one attached hydrogen (secondary N) is 1. The Balaban J connectivity index is 1.92. The quantitative estimate of drug-likeness (QED) is 0.866. The van der Waals surface area contributed by atoms with Gasteiger partial charge in [-0.25, -0.2) is 4.98 Å². The number of rotatable bonds is 6. The SMILES string of the molecule is Cc1nc2ccccc2n1CCC(=O)NCCN(C)C. The van der Waals surface area contributed by atoms with Gasteiger partial charge in [-0.3, -0.25) is 4.79 Å². The van der Waals surface area contributed by atoms with Crippen LogP contribution in [0.15, 0.2) is 24.3 Å². The number of imidazole rings is 1. The predicted molar refractivity (Wildman–Crippen MR) is 80.7 cm³/mol. The largest absolute Gasteiger partial charge is 0.355 e. The van der Waals surface area contributed by atoms with E-state index in [2.05, 4.69) is 14.9 Å². The first-order chi connectivity index (χ1) is 9.58. The molecule has 5 nitrogen and oxygen atoms in total. The van der Waals surface area contributed by atoms with E-state index in [1.807, 2.05) is 50.2 Å². The number of aromatic nitrogens is 2. The minimum Gasteiger partial charge on any atom is -0.355 e. The predicted octanol–water partition coefficient (Wildman–Crippen LogP) is 1.41. The molecule has 1 heterocycles. The van der Waals surface area contributed by atoms with E-state index in [1.165, 1.54) is 0 Å². The summed E-state index contributed by atoms with van der Waals surface area (Å²) in [4.78, 5) is 18.4. The number of carbonyl (C=O) groups excluding carboxylic acids is 1. The Morgan fingerprint density at radius 1 is 1.35 bits per heavy atom. The molecule has 2 aromatic rings. The number of nitrogens with zero attached hydrogens (tertiary/aromatic N) is 3. The van der Waals surface area contributed by atoms with Gasteiger partial charge in [-0.05, 0) is 33.2 Å². The van der Waals surface area contributed by atoms with Gasteiger partial charge >= 0.3 is 0 Å². The molecule has 2 rings (SSSR count). The molecule has 0 aliphatic carbocycles. The van der Waals surface area contributed by atoms with Crippen molar-refractivity contribution in [3.05, 3.63) is 30.1 Å². The van der Waals surface area contributed by atoms with Crippen molar-refractivity contribution in [1.29, 1.82) is 0 Å². The van der Waals surface area contributed by atoms with Crippen LogP contribution >= 0.6 is 0 Å². The molecular formula is C15H22N4O. The monoisotopic (exact) mass is 274 g/mol. The first-order valence-corrected chi connectivity index (χ1v) is 6.91. The maximum absolute atomic E-state index is 11.8. The highest BCUT2D eigenvalue weighted by atomic mass is 16.1. The molecule has 108 valence electrons. The fraction of sp³-hybridized carbons (Fsp3) is 0.467. The summed E-state index contributed by atoms with van der Waals surface area (Å²) in [5.41, 5.74) is 2.07. The Bertz CT molecular complexity index is 589. The normalized spacial score (nSPS) is 11.2. The van der Waals surface area contributed by atoms with Crippen molar-refractivity contribution in [2.24, 2.45) is 0 Å². The molecule has 1 aromatic heterocycles. The van der Waals surface area contributed by atoms with E-state index in [1.54, 1.807) is 0 Å². The molecule has 0 fully saturated rings. The number of para-hydroxylation sites is 2. The molecular weight excluding hydrogens is 252 g/mol. The van der Waals surface area contributed by atoms with Crippen LogP contribution in [0.2, 0.25) is 0 Å². The number of hydrogen-bond donors (Lipinski definition) is 1. The zero-order valence-electron chi connectivity index (χ0n) is 12.4. The summed E-state index contributed by atoms with van der Waals surface area (Å²) in [6.45, 7) is 4.19. The van der Waals surface area contributed by atoms with Crippen LogP contribution in [-0.2, 0) is 11.3 Å². The third-order valence-corrected chi connectivity index (χ3v) is 3.29. The van der Waals surface area contributed by atoms with Crippen molar-refractivity contribution in [3.8, 4) is 0 Å². The van der Waals surface area contributed by atoms with E-state index in [-0.39, 0.29) is 5.91 Å². The van der Waals surface area contributed by atoms with Gasteiger partial charge in [0.05, 0.1) is 11.0 Å². The summed E-state index contributed by atoms with van der Waals surface area (Å²) >= 11 is 0. The summed E-state index contributed by atoms with van der Waals surface area (Å²) in [5, 5.41) is 2.93. The lowest BCUT2D eigenvalue weighted by atomic mass is 10.3. The second kappa shape index (κ2) is 6.52. The maximum Gasteiger partial charge on any atom is 0.221 e. The van der Waals surface area contributed by atoms with Crippen molar-refractivity contribution in [3.63, 3.8) is 0 Å². The molecule has 0 bridgehead atoms. The third kappa shape index (κ3) is 3.57. The first kappa shape index (κ1) is 14.5. The zero-order valence-corrected chi connectivity index (χ0v) is 12.4. The van der Waals surface area contributed by atoms with Gasteiger partial charge in [0.2, 0.25) is 5.91 Å². The molecule has 0 saturated carbocycles. The molecule has 1 aromatic carbocycles. The fourth-order valence-electron chi connectivity index (χ4n) is 2.20. The topological polar surface area (TPSA) is 50.2 Å². The number of aryl methyl sites for hydroxylation is 2. The van der Waals surface area contributed by atoms with Crippen LogP contribution in [0, 0.1) is 6.92 Å². The van der Waals surface area contributed by atoms with Crippen molar-refractivity contribution in [2.75, 3.05) is 27.2 Å². The van der Waals surface area contributed by atoms with Crippen LogP contribution < -0.4 is 5.32 Å². The van der Waals surface area contributed by atoms with Gasteiger partial charge in [0, 0.05) is 26.1 Å². The lowest BCUT2D eigenvalue weighted by Crippen LogP contribution is -2.31. The number of fused-ring (bicyclic) bond motifs is 1. The van der Waals surface area contributed by atoms with Gasteiger partial charge in [-0.1, -0.05) is 12.1 Å². The molecule has 0 aliphatic heterocycles. The second-order valence-electron chi connectivity index (χ2n) is 5.20. The molecule has 0 spiro atoms. The van der Waals surface area contributed by atoms with E-state index in [4.69, 9.17) is 0 Å². The van der Waals surface area contributed by atoms with Crippen LogP contribution in [0.3, 0.4) is 0 Å². The molecule has 1 N–H and O–H groups in total. The van der Waals surface area contributed by atoms with Gasteiger partial charge < -0.3 is 14.8 Å². The highest BCUT2D eigenvalue weighted by Gasteiger charge is 2.08. The zero-order chi connectivity index (χ0) is 14.5. The Kier molecular flexibility index (Phi) is 4.74. The Morgan fingerprint density at radius 3 is 2.85 bits per heavy atom. The van der Waals surface area contributed by atoms with Crippen LogP contribution in [0.25, 0.3) is 11.0 Å². The molecule has 5 heteroatoms. The van der Waals surface area contributed by atoms with E-state index < -0.39 is 0 Å². The van der Waals surface area contributed by atoms with E-state index >= 15 is 0 Å². The fourth-order valence-corrected chi connectivity index (χ4v) is 2.20. The highest BCUT2D eigenvalue weighted by Crippen LogP contribution is 2.15. The Hall–Kier alpha value is -1.88. The average Bonchev–Trinajstić information content (AvgIpc) is 2.71. The Labute approximate surface area is 119 Å². The van der Waals surface area contributed by atoms with E-state index in [9.17, 15) is 4.79 Å². The molecule has 20 heavy (non-hydrogen) atoms. The first-order valence-electron chi connectivity index (χ1n) is 6.91. The van der Waals surface area contributed by atoms with Gasteiger partial charge in [0.15, 0.2) is 0 Å². The highest BCUT2D eigenvalue weighted by molar-refractivity contribution is 5.77. The summed E-state index contributed by atoms with van der Waals surface area (Å²) in [6, 6.07) is 8.01. The van der Waals surface area contributed by atoms with Gasteiger partial charge in [-0.15, -0.1) is 0 Å². The Morgan fingerprint density at radius 2 is 2.10 bits per heavy atom. The van der Waals surface area contributed by atoms with Gasteiger partial charge in [0.25, 0.3) is 0 Å². The van der Waals surface area contributed by atoms with Crippen molar-refractivity contribution < 1.29 is 4.79 Å².